The lowest BCUT2D eigenvalue weighted by Gasteiger charge is -2.12. The number of phenols is 1. The van der Waals surface area contributed by atoms with E-state index in [4.69, 9.17) is 16.3 Å². The summed E-state index contributed by atoms with van der Waals surface area (Å²) in [5, 5.41) is 9.39. The van der Waals surface area contributed by atoms with Gasteiger partial charge in [0.25, 0.3) is 0 Å². The first-order valence-electron chi connectivity index (χ1n) is 5.76. The van der Waals surface area contributed by atoms with Crippen LogP contribution >= 0.6 is 11.6 Å². The largest absolute Gasteiger partial charge is 0.508 e. The van der Waals surface area contributed by atoms with Crippen LogP contribution in [0.5, 0.6) is 11.5 Å². The molecule has 0 aromatic heterocycles. The molecule has 0 saturated heterocycles. The molecule has 18 heavy (non-hydrogen) atoms. The van der Waals surface area contributed by atoms with Gasteiger partial charge >= 0.3 is 0 Å². The molecule has 0 aliphatic heterocycles. The van der Waals surface area contributed by atoms with Gasteiger partial charge in [-0.15, -0.1) is 11.6 Å². The second kappa shape index (κ2) is 5.78. The summed E-state index contributed by atoms with van der Waals surface area (Å²) < 4.78 is 5.80. The maximum Gasteiger partial charge on any atom is 0.127 e. The summed E-state index contributed by atoms with van der Waals surface area (Å²) in [4.78, 5) is 0. The van der Waals surface area contributed by atoms with E-state index < -0.39 is 0 Å². The quantitative estimate of drug-likeness (QED) is 0.844. The molecule has 0 heterocycles. The van der Waals surface area contributed by atoms with Crippen molar-refractivity contribution in [2.24, 2.45) is 0 Å². The molecule has 3 heteroatoms. The van der Waals surface area contributed by atoms with Gasteiger partial charge in [-0.25, -0.2) is 0 Å². The van der Waals surface area contributed by atoms with Crippen molar-refractivity contribution in [3.05, 3.63) is 59.2 Å². The average molecular weight is 263 g/mol. The number of alkyl halides is 1. The van der Waals surface area contributed by atoms with Crippen LogP contribution in [0.4, 0.5) is 0 Å². The Hall–Kier alpha value is -1.67. The van der Waals surface area contributed by atoms with Crippen molar-refractivity contribution >= 4 is 11.6 Å². The standard InChI is InChI=1S/C15H15ClO2/c1-11-4-2-6-13(9-16)15(11)18-10-12-5-3-7-14(17)8-12/h2-8,17H,9-10H2,1H3. The fourth-order valence-corrected chi connectivity index (χ4v) is 2.04. The molecule has 94 valence electrons. The summed E-state index contributed by atoms with van der Waals surface area (Å²) in [7, 11) is 0. The molecule has 0 fully saturated rings. The molecule has 0 amide bonds. The maximum atomic E-state index is 9.39. The third kappa shape index (κ3) is 2.96. The lowest BCUT2D eigenvalue weighted by molar-refractivity contribution is 0.301. The number of phenolic OH excluding ortho intramolecular Hbond substituents is 1. The Morgan fingerprint density at radius 2 is 1.94 bits per heavy atom. The molecular weight excluding hydrogens is 248 g/mol. The van der Waals surface area contributed by atoms with Crippen LogP contribution in [0.15, 0.2) is 42.5 Å². The number of halogens is 1. The van der Waals surface area contributed by atoms with Crippen LogP contribution in [0.2, 0.25) is 0 Å². The first-order valence-corrected chi connectivity index (χ1v) is 6.29. The van der Waals surface area contributed by atoms with Gasteiger partial charge in [0.05, 0.1) is 5.88 Å². The minimum atomic E-state index is 0.249. The summed E-state index contributed by atoms with van der Waals surface area (Å²) in [6, 6.07) is 13.0. The highest BCUT2D eigenvalue weighted by molar-refractivity contribution is 6.17. The van der Waals surface area contributed by atoms with E-state index in [-0.39, 0.29) is 5.75 Å². The number of benzene rings is 2. The van der Waals surface area contributed by atoms with Gasteiger partial charge in [0.1, 0.15) is 18.1 Å². The second-order valence-corrected chi connectivity index (χ2v) is 4.42. The molecule has 0 unspecified atom stereocenters. The van der Waals surface area contributed by atoms with Gasteiger partial charge in [-0.3, -0.25) is 0 Å². The monoisotopic (exact) mass is 262 g/mol. The van der Waals surface area contributed by atoms with Crippen LogP contribution in [0.25, 0.3) is 0 Å². The van der Waals surface area contributed by atoms with Crippen LogP contribution in [0.3, 0.4) is 0 Å². The average Bonchev–Trinajstić information content (AvgIpc) is 2.37. The number of hydrogen-bond donors (Lipinski definition) is 1. The molecular formula is C15H15ClO2. The lowest BCUT2D eigenvalue weighted by atomic mass is 10.1. The Labute approximate surface area is 112 Å². The topological polar surface area (TPSA) is 29.5 Å². The predicted molar refractivity (Wildman–Crippen MR) is 73.2 cm³/mol. The second-order valence-electron chi connectivity index (χ2n) is 4.16. The van der Waals surface area contributed by atoms with Crippen LogP contribution < -0.4 is 4.74 Å². The van der Waals surface area contributed by atoms with Crippen molar-refractivity contribution in [3.63, 3.8) is 0 Å². The molecule has 2 aromatic rings. The zero-order valence-electron chi connectivity index (χ0n) is 10.2. The molecule has 0 aliphatic carbocycles. The number of hydrogen-bond acceptors (Lipinski definition) is 2. The van der Waals surface area contributed by atoms with Crippen LogP contribution in [-0.4, -0.2) is 5.11 Å². The van der Waals surface area contributed by atoms with E-state index in [9.17, 15) is 5.11 Å². The SMILES string of the molecule is Cc1cccc(CCl)c1OCc1cccc(O)c1. The van der Waals surface area contributed by atoms with Gasteiger partial charge in [-0.2, -0.15) is 0 Å². The van der Waals surface area contributed by atoms with E-state index in [0.717, 1.165) is 22.4 Å². The molecule has 0 spiro atoms. The van der Waals surface area contributed by atoms with Crippen molar-refractivity contribution in [2.45, 2.75) is 19.4 Å². The molecule has 0 atom stereocenters. The maximum absolute atomic E-state index is 9.39. The Bertz CT molecular complexity index is 538. The van der Waals surface area contributed by atoms with E-state index in [1.165, 1.54) is 0 Å². The first-order chi connectivity index (χ1) is 8.70. The molecule has 2 nitrogen and oxygen atoms in total. The molecule has 0 aliphatic rings. The Kier molecular flexibility index (Phi) is 4.11. The van der Waals surface area contributed by atoms with Crippen LogP contribution in [0, 0.1) is 6.92 Å². The molecule has 0 radical (unpaired) electrons. The predicted octanol–water partition coefficient (Wildman–Crippen LogP) is 4.02. The van der Waals surface area contributed by atoms with Gasteiger partial charge in [-0.1, -0.05) is 30.3 Å². The number of ether oxygens (including phenoxy) is 1. The van der Waals surface area contributed by atoms with E-state index in [1.807, 2.05) is 31.2 Å². The first kappa shape index (κ1) is 12.8. The highest BCUT2D eigenvalue weighted by atomic mass is 35.5. The fraction of sp³-hybridized carbons (Fsp3) is 0.200. The van der Waals surface area contributed by atoms with Crippen LogP contribution in [0.1, 0.15) is 16.7 Å². The van der Waals surface area contributed by atoms with Gasteiger partial charge in [-0.05, 0) is 30.2 Å². The van der Waals surface area contributed by atoms with E-state index in [2.05, 4.69) is 0 Å². The normalized spacial score (nSPS) is 10.3. The van der Waals surface area contributed by atoms with Gasteiger partial charge < -0.3 is 9.84 Å². The highest BCUT2D eigenvalue weighted by Gasteiger charge is 2.06. The summed E-state index contributed by atoms with van der Waals surface area (Å²) in [5.41, 5.74) is 2.98. The van der Waals surface area contributed by atoms with Crippen molar-refractivity contribution in [3.8, 4) is 11.5 Å². The zero-order valence-corrected chi connectivity index (χ0v) is 10.9. The van der Waals surface area contributed by atoms with Gasteiger partial charge in [0, 0.05) is 5.56 Å². The number of aryl methyl sites for hydroxylation is 1. The number of rotatable bonds is 4. The van der Waals surface area contributed by atoms with E-state index in [0.29, 0.717) is 12.5 Å². The van der Waals surface area contributed by atoms with E-state index >= 15 is 0 Å². The zero-order chi connectivity index (χ0) is 13.0. The minimum Gasteiger partial charge on any atom is -0.508 e. The summed E-state index contributed by atoms with van der Waals surface area (Å²) in [5.74, 6) is 1.51. The number of aromatic hydroxyl groups is 1. The number of para-hydroxylation sites is 1. The van der Waals surface area contributed by atoms with Gasteiger partial charge in [0.15, 0.2) is 0 Å². The van der Waals surface area contributed by atoms with Crippen molar-refractivity contribution in [2.75, 3.05) is 0 Å². The molecule has 2 aromatic carbocycles. The Morgan fingerprint density at radius 3 is 2.67 bits per heavy atom. The van der Waals surface area contributed by atoms with Crippen molar-refractivity contribution in [1.82, 2.24) is 0 Å². The Balaban J connectivity index is 2.15. The molecule has 1 N–H and O–H groups in total. The molecule has 0 saturated carbocycles. The van der Waals surface area contributed by atoms with E-state index in [1.54, 1.807) is 18.2 Å². The fourth-order valence-electron chi connectivity index (χ4n) is 1.83. The van der Waals surface area contributed by atoms with Crippen molar-refractivity contribution < 1.29 is 9.84 Å². The summed E-state index contributed by atoms with van der Waals surface area (Å²) in [6.45, 7) is 2.41. The lowest BCUT2D eigenvalue weighted by Crippen LogP contribution is -1.99. The third-order valence-corrected chi connectivity index (χ3v) is 3.02. The van der Waals surface area contributed by atoms with Gasteiger partial charge in [0.2, 0.25) is 0 Å². The summed E-state index contributed by atoms with van der Waals surface area (Å²) in [6.07, 6.45) is 0. The smallest absolute Gasteiger partial charge is 0.127 e. The minimum absolute atomic E-state index is 0.249. The molecule has 0 bridgehead atoms. The summed E-state index contributed by atoms with van der Waals surface area (Å²) >= 11 is 5.89. The highest BCUT2D eigenvalue weighted by Crippen LogP contribution is 2.26. The third-order valence-electron chi connectivity index (χ3n) is 2.73. The van der Waals surface area contributed by atoms with Crippen molar-refractivity contribution in [1.29, 1.82) is 0 Å². The Morgan fingerprint density at radius 1 is 1.17 bits per heavy atom. The molecule has 2 rings (SSSR count). The van der Waals surface area contributed by atoms with Crippen LogP contribution in [-0.2, 0) is 12.5 Å².